The van der Waals surface area contributed by atoms with Crippen molar-refractivity contribution in [2.75, 3.05) is 11.9 Å². The summed E-state index contributed by atoms with van der Waals surface area (Å²) in [7, 11) is 1.40. The Bertz CT molecular complexity index is 926. The molecule has 8 nitrogen and oxygen atoms in total. The van der Waals surface area contributed by atoms with Gasteiger partial charge in [0.25, 0.3) is 5.56 Å². The van der Waals surface area contributed by atoms with E-state index >= 15 is 0 Å². The number of carbonyl (C=O) groups excluding carboxylic acids is 2. The molecule has 0 bridgehead atoms. The Morgan fingerprint density at radius 2 is 2.04 bits per heavy atom. The minimum absolute atomic E-state index is 0.00390. The van der Waals surface area contributed by atoms with Gasteiger partial charge < -0.3 is 20.9 Å². The summed E-state index contributed by atoms with van der Waals surface area (Å²) in [6, 6.07) is 6.92. The van der Waals surface area contributed by atoms with Crippen molar-refractivity contribution in [3.63, 3.8) is 0 Å². The lowest BCUT2D eigenvalue weighted by Crippen LogP contribution is -2.33. The first-order chi connectivity index (χ1) is 12.7. The molecule has 0 spiro atoms. The normalized spacial score (nSPS) is 11.7. The number of aliphatic hydroxyl groups is 1. The number of hydrogen-bond acceptors (Lipinski definition) is 6. The Hall–Kier alpha value is -3.20. The zero-order chi connectivity index (χ0) is 20.1. The van der Waals surface area contributed by atoms with Crippen LogP contribution in [0.2, 0.25) is 0 Å². The quantitative estimate of drug-likeness (QED) is 0.614. The zero-order valence-corrected chi connectivity index (χ0v) is 14.9. The van der Waals surface area contributed by atoms with Crippen molar-refractivity contribution >= 4 is 23.4 Å². The van der Waals surface area contributed by atoms with Crippen molar-refractivity contribution in [3.05, 3.63) is 57.6 Å². The van der Waals surface area contributed by atoms with E-state index in [0.29, 0.717) is 6.42 Å². The summed E-state index contributed by atoms with van der Waals surface area (Å²) >= 11 is 0. The van der Waals surface area contributed by atoms with Crippen molar-refractivity contribution in [1.29, 1.82) is 0 Å². The SMILES string of the molecule is CCc1ccc(Nc2c(C(=O)OCC(O)C(N)=O)ccc(=O)n2C)c(F)c1. The molecule has 1 unspecified atom stereocenters. The van der Waals surface area contributed by atoms with E-state index in [1.807, 2.05) is 6.92 Å². The van der Waals surface area contributed by atoms with Crippen LogP contribution in [0, 0.1) is 5.82 Å². The van der Waals surface area contributed by atoms with Crippen LogP contribution in [0.3, 0.4) is 0 Å². The molecule has 0 saturated heterocycles. The van der Waals surface area contributed by atoms with Gasteiger partial charge in [-0.15, -0.1) is 0 Å². The monoisotopic (exact) mass is 377 g/mol. The Morgan fingerprint density at radius 1 is 1.33 bits per heavy atom. The van der Waals surface area contributed by atoms with Crippen molar-refractivity contribution in [1.82, 2.24) is 4.57 Å². The number of rotatable bonds is 7. The molecule has 1 amide bonds. The van der Waals surface area contributed by atoms with E-state index in [4.69, 9.17) is 10.5 Å². The minimum atomic E-state index is -1.66. The Labute approximate surface area is 154 Å². The molecule has 0 radical (unpaired) electrons. The molecule has 9 heteroatoms. The third-order valence-electron chi connectivity index (χ3n) is 3.93. The number of amides is 1. The molecule has 1 heterocycles. The van der Waals surface area contributed by atoms with E-state index in [1.165, 1.54) is 25.2 Å². The van der Waals surface area contributed by atoms with Gasteiger partial charge in [-0.25, -0.2) is 9.18 Å². The number of aryl methyl sites for hydroxylation is 1. The van der Waals surface area contributed by atoms with Crippen molar-refractivity contribution in [2.24, 2.45) is 12.8 Å². The third kappa shape index (κ3) is 4.70. The summed E-state index contributed by atoms with van der Waals surface area (Å²) in [5.41, 5.74) is 5.25. The number of benzene rings is 1. The molecule has 27 heavy (non-hydrogen) atoms. The van der Waals surface area contributed by atoms with Gasteiger partial charge in [0.05, 0.1) is 5.69 Å². The summed E-state index contributed by atoms with van der Waals surface area (Å²) in [5, 5.41) is 12.1. The highest BCUT2D eigenvalue weighted by atomic mass is 19.1. The van der Waals surface area contributed by atoms with Crippen LogP contribution in [0.15, 0.2) is 35.1 Å². The van der Waals surface area contributed by atoms with Crippen LogP contribution in [-0.2, 0) is 23.0 Å². The third-order valence-corrected chi connectivity index (χ3v) is 3.93. The number of esters is 1. The van der Waals surface area contributed by atoms with Crippen molar-refractivity contribution in [2.45, 2.75) is 19.4 Å². The number of nitrogens with zero attached hydrogens (tertiary/aromatic N) is 1. The highest BCUT2D eigenvalue weighted by Gasteiger charge is 2.20. The van der Waals surface area contributed by atoms with Gasteiger partial charge in [-0.3, -0.25) is 14.2 Å². The van der Waals surface area contributed by atoms with E-state index in [9.17, 15) is 23.9 Å². The smallest absolute Gasteiger partial charge is 0.341 e. The second kappa shape index (κ2) is 8.45. The zero-order valence-electron chi connectivity index (χ0n) is 14.9. The van der Waals surface area contributed by atoms with Gasteiger partial charge in [0, 0.05) is 13.1 Å². The van der Waals surface area contributed by atoms with Crippen LogP contribution in [0.4, 0.5) is 15.9 Å². The lowest BCUT2D eigenvalue weighted by atomic mass is 10.1. The number of nitrogens with one attached hydrogen (secondary N) is 1. The molecule has 2 aromatic rings. The summed E-state index contributed by atoms with van der Waals surface area (Å²) in [4.78, 5) is 35.0. The molecule has 1 aromatic heterocycles. The lowest BCUT2D eigenvalue weighted by Gasteiger charge is -2.16. The van der Waals surface area contributed by atoms with Gasteiger partial charge in [-0.05, 0) is 30.2 Å². The van der Waals surface area contributed by atoms with Crippen LogP contribution >= 0.6 is 0 Å². The number of anilines is 2. The van der Waals surface area contributed by atoms with Crippen LogP contribution < -0.4 is 16.6 Å². The molecule has 0 aliphatic carbocycles. The average Bonchev–Trinajstić information content (AvgIpc) is 2.64. The molecule has 0 saturated carbocycles. The van der Waals surface area contributed by atoms with E-state index in [1.54, 1.807) is 6.07 Å². The molecule has 4 N–H and O–H groups in total. The van der Waals surface area contributed by atoms with Gasteiger partial charge in [-0.2, -0.15) is 0 Å². The van der Waals surface area contributed by atoms with E-state index < -0.39 is 36.0 Å². The van der Waals surface area contributed by atoms with Gasteiger partial charge in [0.1, 0.15) is 23.8 Å². The molecular weight excluding hydrogens is 357 g/mol. The number of halogens is 1. The predicted octanol–water partition coefficient (Wildman–Crippen LogP) is 0.833. The fraction of sp³-hybridized carbons (Fsp3) is 0.278. The summed E-state index contributed by atoms with van der Waals surface area (Å²) < 4.78 is 20.3. The maximum Gasteiger partial charge on any atom is 0.341 e. The molecule has 0 fully saturated rings. The first-order valence-corrected chi connectivity index (χ1v) is 8.14. The molecule has 2 rings (SSSR count). The summed E-state index contributed by atoms with van der Waals surface area (Å²) in [5.74, 6) is -2.50. The van der Waals surface area contributed by atoms with Crippen LogP contribution in [0.25, 0.3) is 0 Å². The molecular formula is C18H20FN3O5. The highest BCUT2D eigenvalue weighted by Crippen LogP contribution is 2.23. The number of ether oxygens (including phenoxy) is 1. The number of nitrogens with two attached hydrogens (primary N) is 1. The Balaban J connectivity index is 2.35. The van der Waals surface area contributed by atoms with Crippen LogP contribution in [-0.4, -0.2) is 34.3 Å². The highest BCUT2D eigenvalue weighted by molar-refractivity contribution is 5.95. The summed E-state index contributed by atoms with van der Waals surface area (Å²) in [6.07, 6.45) is -1.00. The minimum Gasteiger partial charge on any atom is -0.459 e. The van der Waals surface area contributed by atoms with Crippen LogP contribution in [0.5, 0.6) is 0 Å². The average molecular weight is 377 g/mol. The largest absolute Gasteiger partial charge is 0.459 e. The fourth-order valence-electron chi connectivity index (χ4n) is 2.27. The fourth-order valence-corrected chi connectivity index (χ4v) is 2.27. The lowest BCUT2D eigenvalue weighted by molar-refractivity contribution is -0.127. The van der Waals surface area contributed by atoms with Gasteiger partial charge in [0.2, 0.25) is 5.91 Å². The molecule has 1 atom stereocenters. The van der Waals surface area contributed by atoms with E-state index in [0.717, 1.165) is 16.2 Å². The number of aromatic nitrogens is 1. The van der Waals surface area contributed by atoms with Gasteiger partial charge in [0.15, 0.2) is 6.10 Å². The second-order valence-corrected chi connectivity index (χ2v) is 5.80. The number of aliphatic hydroxyl groups excluding tert-OH is 1. The molecule has 1 aromatic carbocycles. The van der Waals surface area contributed by atoms with E-state index in [-0.39, 0.29) is 17.1 Å². The molecule has 0 aliphatic heterocycles. The Morgan fingerprint density at radius 3 is 2.63 bits per heavy atom. The summed E-state index contributed by atoms with van der Waals surface area (Å²) in [6.45, 7) is 1.24. The van der Waals surface area contributed by atoms with Crippen molar-refractivity contribution < 1.29 is 23.8 Å². The maximum absolute atomic E-state index is 14.3. The van der Waals surface area contributed by atoms with E-state index in [2.05, 4.69) is 5.32 Å². The number of pyridine rings is 1. The predicted molar refractivity (Wildman–Crippen MR) is 96.2 cm³/mol. The first-order valence-electron chi connectivity index (χ1n) is 8.14. The maximum atomic E-state index is 14.3. The standard InChI is InChI=1S/C18H20FN3O5/c1-3-10-4-6-13(12(19)8-10)21-17-11(5-7-15(24)22(17)2)18(26)27-9-14(23)16(20)25/h4-8,14,21,23H,3,9H2,1-2H3,(H2,20,25). The number of primary amides is 1. The van der Waals surface area contributed by atoms with Crippen LogP contribution in [0.1, 0.15) is 22.8 Å². The number of carbonyl (C=O) groups is 2. The number of hydrogen-bond donors (Lipinski definition) is 3. The van der Waals surface area contributed by atoms with Gasteiger partial charge >= 0.3 is 5.97 Å². The van der Waals surface area contributed by atoms with Crippen molar-refractivity contribution in [3.8, 4) is 0 Å². The first kappa shape index (κ1) is 20.1. The van der Waals surface area contributed by atoms with Gasteiger partial charge in [-0.1, -0.05) is 13.0 Å². The second-order valence-electron chi connectivity index (χ2n) is 5.80. The Kier molecular flexibility index (Phi) is 6.30. The molecule has 144 valence electrons. The topological polar surface area (TPSA) is 124 Å². The molecule has 0 aliphatic rings.